The summed E-state index contributed by atoms with van der Waals surface area (Å²) in [6.45, 7) is 3.54. The zero-order valence-electron chi connectivity index (χ0n) is 11.7. The quantitative estimate of drug-likeness (QED) is 0.876. The first-order valence-electron chi connectivity index (χ1n) is 6.44. The molecule has 116 valence electrons. The molecule has 7 heteroatoms. The minimum atomic E-state index is -4.53. The van der Waals surface area contributed by atoms with E-state index in [1.165, 1.54) is 6.07 Å². The van der Waals surface area contributed by atoms with Gasteiger partial charge in [-0.2, -0.15) is 13.2 Å². The van der Waals surface area contributed by atoms with Gasteiger partial charge in [0.2, 0.25) is 5.91 Å². The van der Waals surface area contributed by atoms with Crippen molar-refractivity contribution in [3.05, 3.63) is 35.4 Å². The van der Waals surface area contributed by atoms with Gasteiger partial charge in [-0.1, -0.05) is 26.3 Å². The Morgan fingerprint density at radius 1 is 1.33 bits per heavy atom. The van der Waals surface area contributed by atoms with E-state index in [1.807, 2.05) is 6.92 Å². The SMILES string of the molecule is CC[C@@H](C)[C@@H](NC(=O)c1cccc(C(F)(F)F)c1)C(N)=O. The average molecular weight is 302 g/mol. The summed E-state index contributed by atoms with van der Waals surface area (Å²) >= 11 is 0. The van der Waals surface area contributed by atoms with E-state index in [0.29, 0.717) is 6.42 Å². The normalized spacial score (nSPS) is 14.3. The number of hydrogen-bond donors (Lipinski definition) is 2. The van der Waals surface area contributed by atoms with Crippen LogP contribution < -0.4 is 11.1 Å². The molecule has 0 saturated heterocycles. The van der Waals surface area contributed by atoms with Crippen molar-refractivity contribution in [1.29, 1.82) is 0 Å². The maximum atomic E-state index is 12.6. The molecule has 2 atom stereocenters. The Labute approximate surface area is 120 Å². The highest BCUT2D eigenvalue weighted by atomic mass is 19.4. The number of nitrogens with two attached hydrogens (primary N) is 1. The molecule has 0 aromatic heterocycles. The van der Waals surface area contributed by atoms with Crippen molar-refractivity contribution < 1.29 is 22.8 Å². The van der Waals surface area contributed by atoms with Crippen LogP contribution in [0.3, 0.4) is 0 Å². The summed E-state index contributed by atoms with van der Waals surface area (Å²) < 4.78 is 37.8. The highest BCUT2D eigenvalue weighted by Gasteiger charge is 2.31. The summed E-state index contributed by atoms with van der Waals surface area (Å²) in [4.78, 5) is 23.3. The molecule has 0 saturated carbocycles. The van der Waals surface area contributed by atoms with Gasteiger partial charge in [0, 0.05) is 5.56 Å². The first-order chi connectivity index (χ1) is 9.66. The van der Waals surface area contributed by atoms with Gasteiger partial charge >= 0.3 is 6.18 Å². The third-order valence-corrected chi connectivity index (χ3v) is 3.26. The van der Waals surface area contributed by atoms with E-state index in [0.717, 1.165) is 18.2 Å². The van der Waals surface area contributed by atoms with Crippen molar-refractivity contribution in [2.45, 2.75) is 32.5 Å². The van der Waals surface area contributed by atoms with Crippen LogP contribution in [0.1, 0.15) is 36.2 Å². The number of hydrogen-bond acceptors (Lipinski definition) is 2. The number of benzene rings is 1. The zero-order valence-corrected chi connectivity index (χ0v) is 11.7. The van der Waals surface area contributed by atoms with Gasteiger partial charge in [-0.25, -0.2) is 0 Å². The largest absolute Gasteiger partial charge is 0.416 e. The highest BCUT2D eigenvalue weighted by Crippen LogP contribution is 2.29. The number of amides is 2. The van der Waals surface area contributed by atoms with Crippen molar-refractivity contribution >= 4 is 11.8 Å². The van der Waals surface area contributed by atoms with Gasteiger partial charge in [-0.15, -0.1) is 0 Å². The molecule has 0 aliphatic heterocycles. The second kappa shape index (κ2) is 6.60. The summed E-state index contributed by atoms with van der Waals surface area (Å²) in [6.07, 6.45) is -3.94. The Morgan fingerprint density at radius 2 is 1.95 bits per heavy atom. The molecule has 3 N–H and O–H groups in total. The molecule has 0 fully saturated rings. The molecular weight excluding hydrogens is 285 g/mol. The number of alkyl halides is 3. The third-order valence-electron chi connectivity index (χ3n) is 3.26. The molecule has 0 unspecified atom stereocenters. The van der Waals surface area contributed by atoms with Crippen molar-refractivity contribution in [2.24, 2.45) is 11.7 Å². The van der Waals surface area contributed by atoms with Gasteiger partial charge in [0.15, 0.2) is 0 Å². The second-order valence-electron chi connectivity index (χ2n) is 4.82. The van der Waals surface area contributed by atoms with Crippen LogP contribution in [0.25, 0.3) is 0 Å². The van der Waals surface area contributed by atoms with Crippen LogP contribution in [0.2, 0.25) is 0 Å². The lowest BCUT2D eigenvalue weighted by molar-refractivity contribution is -0.137. The lowest BCUT2D eigenvalue weighted by atomic mass is 9.98. The number of primary amides is 1. The number of halogens is 3. The maximum absolute atomic E-state index is 12.6. The smallest absolute Gasteiger partial charge is 0.368 e. The minimum Gasteiger partial charge on any atom is -0.368 e. The predicted molar refractivity (Wildman–Crippen MR) is 71.3 cm³/mol. The number of nitrogens with one attached hydrogen (secondary N) is 1. The van der Waals surface area contributed by atoms with E-state index in [1.54, 1.807) is 6.92 Å². The lowest BCUT2D eigenvalue weighted by Crippen LogP contribution is -2.48. The monoisotopic (exact) mass is 302 g/mol. The van der Waals surface area contributed by atoms with E-state index in [-0.39, 0.29) is 11.5 Å². The Hall–Kier alpha value is -2.05. The summed E-state index contributed by atoms with van der Waals surface area (Å²) in [5, 5.41) is 2.38. The number of rotatable bonds is 5. The topological polar surface area (TPSA) is 72.2 Å². The summed E-state index contributed by atoms with van der Waals surface area (Å²) in [7, 11) is 0. The molecule has 1 aromatic carbocycles. The molecule has 1 rings (SSSR count). The second-order valence-corrected chi connectivity index (χ2v) is 4.82. The Balaban J connectivity index is 2.96. The van der Waals surface area contributed by atoms with Crippen molar-refractivity contribution in [3.63, 3.8) is 0 Å². The minimum absolute atomic E-state index is 0.167. The molecular formula is C14H17F3N2O2. The molecule has 1 aromatic rings. The van der Waals surface area contributed by atoms with Gasteiger partial charge in [0.05, 0.1) is 5.56 Å². The average Bonchev–Trinajstić information content (AvgIpc) is 2.42. The molecule has 4 nitrogen and oxygen atoms in total. The van der Waals surface area contributed by atoms with E-state index >= 15 is 0 Å². The van der Waals surface area contributed by atoms with E-state index in [9.17, 15) is 22.8 Å². The van der Waals surface area contributed by atoms with Gasteiger partial charge in [0.1, 0.15) is 6.04 Å². The first-order valence-corrected chi connectivity index (χ1v) is 6.44. The third kappa shape index (κ3) is 4.47. The predicted octanol–water partition coefficient (Wildman–Crippen LogP) is 2.34. The molecule has 0 heterocycles. The van der Waals surface area contributed by atoms with Crippen LogP contribution in [0.15, 0.2) is 24.3 Å². The first kappa shape index (κ1) is 17.0. The summed E-state index contributed by atoms with van der Waals surface area (Å²) in [5.74, 6) is -1.69. The lowest BCUT2D eigenvalue weighted by Gasteiger charge is -2.21. The summed E-state index contributed by atoms with van der Waals surface area (Å²) in [5.41, 5.74) is 4.12. The zero-order chi connectivity index (χ0) is 16.2. The van der Waals surface area contributed by atoms with Crippen LogP contribution in [0.4, 0.5) is 13.2 Å². The fourth-order valence-electron chi connectivity index (χ4n) is 1.79. The van der Waals surface area contributed by atoms with Crippen LogP contribution in [0, 0.1) is 5.92 Å². The van der Waals surface area contributed by atoms with Crippen molar-refractivity contribution in [1.82, 2.24) is 5.32 Å². The van der Waals surface area contributed by atoms with Crippen LogP contribution in [-0.4, -0.2) is 17.9 Å². The fraction of sp³-hybridized carbons (Fsp3) is 0.429. The van der Waals surface area contributed by atoms with E-state index in [2.05, 4.69) is 5.32 Å². The molecule has 2 amide bonds. The molecule has 0 spiro atoms. The van der Waals surface area contributed by atoms with Gasteiger partial charge < -0.3 is 11.1 Å². The molecule has 0 radical (unpaired) electrons. The van der Waals surface area contributed by atoms with Crippen molar-refractivity contribution in [3.8, 4) is 0 Å². The molecule has 0 aliphatic carbocycles. The van der Waals surface area contributed by atoms with Crippen LogP contribution in [-0.2, 0) is 11.0 Å². The standard InChI is InChI=1S/C14H17F3N2O2/c1-3-8(2)11(12(18)20)19-13(21)9-5-4-6-10(7-9)14(15,16)17/h4-8,11H,3H2,1-2H3,(H2,18,20)(H,19,21)/t8-,11-/m1/s1. The molecule has 21 heavy (non-hydrogen) atoms. The Morgan fingerprint density at radius 3 is 2.43 bits per heavy atom. The fourth-order valence-corrected chi connectivity index (χ4v) is 1.79. The maximum Gasteiger partial charge on any atom is 0.416 e. The van der Waals surface area contributed by atoms with Gasteiger partial charge in [-0.3, -0.25) is 9.59 Å². The number of carbonyl (C=O) groups excluding carboxylic acids is 2. The van der Waals surface area contributed by atoms with Gasteiger partial charge in [-0.05, 0) is 24.1 Å². The van der Waals surface area contributed by atoms with E-state index < -0.39 is 29.6 Å². The van der Waals surface area contributed by atoms with Crippen molar-refractivity contribution in [2.75, 3.05) is 0 Å². The highest BCUT2D eigenvalue weighted by molar-refractivity contribution is 5.97. The molecule has 0 bridgehead atoms. The Kier molecular flexibility index (Phi) is 5.34. The van der Waals surface area contributed by atoms with Gasteiger partial charge in [0.25, 0.3) is 5.91 Å². The number of carbonyl (C=O) groups is 2. The van der Waals surface area contributed by atoms with Crippen LogP contribution >= 0.6 is 0 Å². The van der Waals surface area contributed by atoms with E-state index in [4.69, 9.17) is 5.73 Å². The molecule has 0 aliphatic rings. The Bertz CT molecular complexity index is 529. The summed E-state index contributed by atoms with van der Waals surface area (Å²) in [6, 6.07) is 3.08. The van der Waals surface area contributed by atoms with Crippen LogP contribution in [0.5, 0.6) is 0 Å².